The lowest BCUT2D eigenvalue weighted by atomic mass is 10.2. The molecule has 1 aromatic carbocycles. The highest BCUT2D eigenvalue weighted by molar-refractivity contribution is 5.90. The third kappa shape index (κ3) is 3.66. The van der Waals surface area contributed by atoms with Crippen molar-refractivity contribution < 1.29 is 4.79 Å². The van der Waals surface area contributed by atoms with Crippen LogP contribution in [-0.4, -0.2) is 15.5 Å². The molecule has 2 rings (SSSR count). The van der Waals surface area contributed by atoms with E-state index in [9.17, 15) is 4.79 Å². The van der Waals surface area contributed by atoms with Gasteiger partial charge in [-0.2, -0.15) is 0 Å². The summed E-state index contributed by atoms with van der Waals surface area (Å²) in [6.45, 7) is 3.07. The van der Waals surface area contributed by atoms with Gasteiger partial charge in [-0.25, -0.2) is 4.98 Å². The highest BCUT2D eigenvalue weighted by Crippen LogP contribution is 2.09. The van der Waals surface area contributed by atoms with E-state index in [0.29, 0.717) is 19.5 Å². The molecule has 1 aromatic heterocycles. The Hall–Kier alpha value is -2.14. The van der Waals surface area contributed by atoms with Crippen molar-refractivity contribution in [3.63, 3.8) is 0 Å². The number of carbonyl (C=O) groups is 1. The first kappa shape index (κ1) is 13.3. The van der Waals surface area contributed by atoms with Crippen LogP contribution < -0.4 is 11.1 Å². The number of anilines is 1. The predicted molar refractivity (Wildman–Crippen MR) is 74.5 cm³/mol. The average Bonchev–Trinajstić information content (AvgIpc) is 2.83. The van der Waals surface area contributed by atoms with E-state index in [2.05, 4.69) is 10.3 Å². The van der Waals surface area contributed by atoms with E-state index in [1.54, 1.807) is 6.20 Å². The van der Waals surface area contributed by atoms with Crippen molar-refractivity contribution >= 4 is 11.6 Å². The molecule has 1 amide bonds. The Morgan fingerprint density at radius 2 is 2.11 bits per heavy atom. The van der Waals surface area contributed by atoms with Gasteiger partial charge in [-0.15, -0.1) is 0 Å². The summed E-state index contributed by atoms with van der Waals surface area (Å²) in [7, 11) is 0. The van der Waals surface area contributed by atoms with E-state index >= 15 is 0 Å². The molecule has 2 aromatic rings. The number of rotatable bonds is 5. The molecule has 100 valence electrons. The second-order valence-corrected chi connectivity index (χ2v) is 4.37. The zero-order chi connectivity index (χ0) is 13.7. The topological polar surface area (TPSA) is 72.9 Å². The summed E-state index contributed by atoms with van der Waals surface area (Å²) in [5.74, 6) is 0.911. The first-order valence-electron chi connectivity index (χ1n) is 6.25. The fraction of sp³-hybridized carbons (Fsp3) is 0.286. The summed E-state index contributed by atoms with van der Waals surface area (Å²) in [5.41, 5.74) is 7.37. The Morgan fingerprint density at radius 1 is 1.37 bits per heavy atom. The lowest BCUT2D eigenvalue weighted by molar-refractivity contribution is -0.116. The fourth-order valence-corrected chi connectivity index (χ4v) is 1.81. The molecule has 0 fully saturated rings. The number of benzene rings is 1. The number of nitrogens with zero attached hydrogens (tertiary/aromatic N) is 2. The van der Waals surface area contributed by atoms with Crippen molar-refractivity contribution in [1.82, 2.24) is 9.55 Å². The van der Waals surface area contributed by atoms with Gasteiger partial charge in [0.05, 0.1) is 0 Å². The van der Waals surface area contributed by atoms with Gasteiger partial charge in [-0.1, -0.05) is 12.1 Å². The van der Waals surface area contributed by atoms with Crippen LogP contribution in [0.15, 0.2) is 36.7 Å². The zero-order valence-electron chi connectivity index (χ0n) is 11.0. The van der Waals surface area contributed by atoms with Gasteiger partial charge in [-0.05, 0) is 24.6 Å². The Kier molecular flexibility index (Phi) is 4.30. The minimum absolute atomic E-state index is 0.00593. The second-order valence-electron chi connectivity index (χ2n) is 4.37. The van der Waals surface area contributed by atoms with Gasteiger partial charge in [0.2, 0.25) is 5.91 Å². The van der Waals surface area contributed by atoms with Crippen molar-refractivity contribution in [3.8, 4) is 0 Å². The second kappa shape index (κ2) is 6.15. The van der Waals surface area contributed by atoms with Crippen LogP contribution >= 0.6 is 0 Å². The number of hydrogen-bond donors (Lipinski definition) is 2. The molecular weight excluding hydrogens is 240 g/mol. The van der Waals surface area contributed by atoms with Gasteiger partial charge in [0, 0.05) is 37.6 Å². The molecule has 0 aliphatic rings. The fourth-order valence-electron chi connectivity index (χ4n) is 1.81. The number of amides is 1. The van der Waals surface area contributed by atoms with Crippen LogP contribution in [0, 0.1) is 6.92 Å². The van der Waals surface area contributed by atoms with E-state index in [-0.39, 0.29) is 5.91 Å². The third-order valence-electron chi connectivity index (χ3n) is 2.98. The van der Waals surface area contributed by atoms with E-state index < -0.39 is 0 Å². The summed E-state index contributed by atoms with van der Waals surface area (Å²) in [6.07, 6.45) is 4.03. The number of nitrogens with two attached hydrogens (primary N) is 1. The van der Waals surface area contributed by atoms with E-state index in [1.165, 1.54) is 0 Å². The molecule has 0 bridgehead atoms. The van der Waals surface area contributed by atoms with E-state index in [4.69, 9.17) is 5.73 Å². The molecule has 0 aliphatic carbocycles. The summed E-state index contributed by atoms with van der Waals surface area (Å²) < 4.78 is 1.96. The maximum Gasteiger partial charge on any atom is 0.226 e. The molecule has 0 saturated carbocycles. The zero-order valence-corrected chi connectivity index (χ0v) is 11.0. The minimum atomic E-state index is -0.00593. The van der Waals surface area contributed by atoms with Gasteiger partial charge < -0.3 is 15.6 Å². The number of carbonyl (C=O) groups excluding carboxylic acids is 1. The van der Waals surface area contributed by atoms with Gasteiger partial charge >= 0.3 is 0 Å². The number of imidazole rings is 1. The summed E-state index contributed by atoms with van der Waals surface area (Å²) in [6, 6.07) is 7.55. The molecule has 0 radical (unpaired) electrons. The summed E-state index contributed by atoms with van der Waals surface area (Å²) in [4.78, 5) is 15.9. The van der Waals surface area contributed by atoms with Gasteiger partial charge in [0.15, 0.2) is 0 Å². The number of hydrogen-bond acceptors (Lipinski definition) is 3. The van der Waals surface area contributed by atoms with Crippen molar-refractivity contribution in [2.75, 3.05) is 5.32 Å². The van der Waals surface area contributed by atoms with Crippen molar-refractivity contribution in [2.45, 2.75) is 26.4 Å². The van der Waals surface area contributed by atoms with E-state index in [0.717, 1.165) is 17.1 Å². The normalized spacial score (nSPS) is 10.4. The molecule has 0 unspecified atom stereocenters. The highest BCUT2D eigenvalue weighted by atomic mass is 16.1. The number of nitrogens with one attached hydrogen (secondary N) is 1. The largest absolute Gasteiger partial charge is 0.335 e. The maximum absolute atomic E-state index is 11.8. The standard InChI is InChI=1S/C14H18N4O/c1-11-16-7-9-18(11)8-6-14(19)17-13-4-2-12(10-15)3-5-13/h2-5,7,9H,6,8,10,15H2,1H3,(H,17,19). The Labute approximate surface area is 112 Å². The van der Waals surface area contributed by atoms with Gasteiger partial charge in [-0.3, -0.25) is 4.79 Å². The molecule has 5 nitrogen and oxygen atoms in total. The first-order valence-corrected chi connectivity index (χ1v) is 6.25. The van der Waals surface area contributed by atoms with Crippen LogP contribution in [0.4, 0.5) is 5.69 Å². The van der Waals surface area contributed by atoms with Crippen molar-refractivity contribution in [2.24, 2.45) is 5.73 Å². The van der Waals surface area contributed by atoms with Crippen molar-refractivity contribution in [1.29, 1.82) is 0 Å². The van der Waals surface area contributed by atoms with Crippen LogP contribution in [0.25, 0.3) is 0 Å². The quantitative estimate of drug-likeness (QED) is 0.857. The Morgan fingerprint density at radius 3 is 2.68 bits per heavy atom. The predicted octanol–water partition coefficient (Wildman–Crippen LogP) is 1.68. The summed E-state index contributed by atoms with van der Waals surface area (Å²) >= 11 is 0. The number of aromatic nitrogens is 2. The van der Waals surface area contributed by atoms with Crippen molar-refractivity contribution in [3.05, 3.63) is 48.0 Å². The molecule has 0 atom stereocenters. The average molecular weight is 258 g/mol. The highest BCUT2D eigenvalue weighted by Gasteiger charge is 2.04. The molecule has 5 heteroatoms. The SMILES string of the molecule is Cc1nccn1CCC(=O)Nc1ccc(CN)cc1. The van der Waals surface area contributed by atoms with Crippen LogP contribution in [0.5, 0.6) is 0 Å². The monoisotopic (exact) mass is 258 g/mol. The van der Waals surface area contributed by atoms with Crippen LogP contribution in [-0.2, 0) is 17.9 Å². The maximum atomic E-state index is 11.8. The van der Waals surface area contributed by atoms with Gasteiger partial charge in [0.1, 0.15) is 5.82 Å². The molecule has 3 N–H and O–H groups in total. The van der Waals surface area contributed by atoms with Crippen LogP contribution in [0.3, 0.4) is 0 Å². The lowest BCUT2D eigenvalue weighted by Crippen LogP contribution is -2.14. The molecule has 0 spiro atoms. The third-order valence-corrected chi connectivity index (χ3v) is 2.98. The smallest absolute Gasteiger partial charge is 0.226 e. The molecule has 0 saturated heterocycles. The van der Waals surface area contributed by atoms with Gasteiger partial charge in [0.25, 0.3) is 0 Å². The Balaban J connectivity index is 1.85. The molecule has 1 heterocycles. The van der Waals surface area contributed by atoms with Crippen LogP contribution in [0.2, 0.25) is 0 Å². The summed E-state index contributed by atoms with van der Waals surface area (Å²) in [5, 5.41) is 2.86. The molecular formula is C14H18N4O. The van der Waals surface area contributed by atoms with Crippen LogP contribution in [0.1, 0.15) is 17.8 Å². The molecule has 19 heavy (non-hydrogen) atoms. The minimum Gasteiger partial charge on any atom is -0.335 e. The first-order chi connectivity index (χ1) is 9.19. The Bertz CT molecular complexity index is 545. The lowest BCUT2D eigenvalue weighted by Gasteiger charge is -2.07. The number of aryl methyl sites for hydroxylation is 2. The molecule has 0 aliphatic heterocycles. The van der Waals surface area contributed by atoms with E-state index in [1.807, 2.05) is 42.0 Å².